The van der Waals surface area contributed by atoms with E-state index in [1.807, 2.05) is 0 Å². The minimum absolute atomic E-state index is 0.257. The normalized spacial score (nSPS) is 35.6. The molecule has 4 heteroatoms. The Bertz CT molecular complexity index is 192. The van der Waals surface area contributed by atoms with E-state index in [2.05, 4.69) is 11.9 Å². The molecule has 2 atom stereocenters. The molecule has 2 saturated heterocycles. The van der Waals surface area contributed by atoms with Crippen LogP contribution in [0.4, 0.5) is 4.79 Å². The largest absolute Gasteiger partial charge is 0.351 e. The standard InChI is InChI=1S/C8H15N3O/c1-10-2-6-4-11(8(9)12)5-7(6)3-10/h6-7H,2-5H2,1H3,(H2,9,12)/t6-,7+. The first-order valence-electron chi connectivity index (χ1n) is 4.39. The molecule has 2 rings (SSSR count). The number of carbonyl (C=O) groups excluding carboxylic acids is 1. The molecule has 0 aromatic heterocycles. The lowest BCUT2D eigenvalue weighted by atomic mass is 10.0. The van der Waals surface area contributed by atoms with E-state index >= 15 is 0 Å². The van der Waals surface area contributed by atoms with Gasteiger partial charge in [-0.25, -0.2) is 4.79 Å². The summed E-state index contributed by atoms with van der Waals surface area (Å²) in [5.41, 5.74) is 5.21. The Balaban J connectivity index is 1.98. The lowest BCUT2D eigenvalue weighted by Gasteiger charge is -2.16. The first kappa shape index (κ1) is 7.86. The second-order valence-corrected chi connectivity index (χ2v) is 3.98. The van der Waals surface area contributed by atoms with Gasteiger partial charge >= 0.3 is 6.03 Å². The Morgan fingerprint density at radius 3 is 2.17 bits per heavy atom. The maximum absolute atomic E-state index is 10.8. The number of hydrogen-bond acceptors (Lipinski definition) is 2. The molecule has 2 aliphatic rings. The number of nitrogens with two attached hydrogens (primary N) is 1. The quantitative estimate of drug-likeness (QED) is 0.534. The van der Waals surface area contributed by atoms with Crippen LogP contribution in [0.5, 0.6) is 0 Å². The molecule has 0 bridgehead atoms. The Morgan fingerprint density at radius 2 is 1.75 bits per heavy atom. The summed E-state index contributed by atoms with van der Waals surface area (Å²) in [5, 5.41) is 0. The van der Waals surface area contributed by atoms with E-state index < -0.39 is 0 Å². The van der Waals surface area contributed by atoms with Gasteiger partial charge in [-0.2, -0.15) is 0 Å². The number of carbonyl (C=O) groups is 1. The van der Waals surface area contributed by atoms with Crippen molar-refractivity contribution in [3.05, 3.63) is 0 Å². The monoisotopic (exact) mass is 169 g/mol. The van der Waals surface area contributed by atoms with Gasteiger partial charge in [0, 0.05) is 26.2 Å². The van der Waals surface area contributed by atoms with Crippen LogP contribution in [0.15, 0.2) is 0 Å². The zero-order valence-corrected chi connectivity index (χ0v) is 7.36. The fraction of sp³-hybridized carbons (Fsp3) is 0.875. The van der Waals surface area contributed by atoms with Crippen molar-refractivity contribution in [3.8, 4) is 0 Å². The van der Waals surface area contributed by atoms with Crippen LogP contribution in [0.2, 0.25) is 0 Å². The number of primary amides is 1. The zero-order chi connectivity index (χ0) is 8.72. The molecule has 2 aliphatic heterocycles. The number of rotatable bonds is 0. The third kappa shape index (κ3) is 1.16. The highest BCUT2D eigenvalue weighted by Crippen LogP contribution is 2.29. The molecule has 4 nitrogen and oxygen atoms in total. The second-order valence-electron chi connectivity index (χ2n) is 3.98. The average Bonchev–Trinajstić information content (AvgIpc) is 2.42. The molecular formula is C8H15N3O. The summed E-state index contributed by atoms with van der Waals surface area (Å²) in [6.45, 7) is 3.97. The molecule has 0 saturated carbocycles. The lowest BCUT2D eigenvalue weighted by Crippen LogP contribution is -2.36. The Labute approximate surface area is 72.3 Å². The molecular weight excluding hydrogens is 154 g/mol. The van der Waals surface area contributed by atoms with Gasteiger partial charge in [0.05, 0.1) is 0 Å². The molecule has 0 unspecified atom stereocenters. The maximum atomic E-state index is 10.8. The van der Waals surface area contributed by atoms with E-state index in [1.54, 1.807) is 4.90 Å². The van der Waals surface area contributed by atoms with Gasteiger partial charge in [-0.1, -0.05) is 0 Å². The summed E-state index contributed by atoms with van der Waals surface area (Å²) < 4.78 is 0. The van der Waals surface area contributed by atoms with Gasteiger partial charge < -0.3 is 15.5 Å². The van der Waals surface area contributed by atoms with Crippen molar-refractivity contribution in [2.24, 2.45) is 17.6 Å². The number of amides is 2. The lowest BCUT2D eigenvalue weighted by molar-refractivity contribution is 0.211. The zero-order valence-electron chi connectivity index (χ0n) is 7.36. The summed E-state index contributed by atoms with van der Waals surface area (Å²) in [6, 6.07) is -0.257. The van der Waals surface area contributed by atoms with Crippen LogP contribution in [0.25, 0.3) is 0 Å². The molecule has 0 aliphatic carbocycles. The van der Waals surface area contributed by atoms with E-state index in [4.69, 9.17) is 5.73 Å². The van der Waals surface area contributed by atoms with Gasteiger partial charge in [0.25, 0.3) is 0 Å². The Kier molecular flexibility index (Phi) is 1.72. The van der Waals surface area contributed by atoms with Crippen LogP contribution >= 0.6 is 0 Å². The highest BCUT2D eigenvalue weighted by Gasteiger charge is 2.39. The topological polar surface area (TPSA) is 49.6 Å². The molecule has 0 aromatic rings. The van der Waals surface area contributed by atoms with Gasteiger partial charge in [0.2, 0.25) is 0 Å². The fourth-order valence-electron chi connectivity index (χ4n) is 2.41. The van der Waals surface area contributed by atoms with Crippen molar-refractivity contribution < 1.29 is 4.79 Å². The molecule has 12 heavy (non-hydrogen) atoms. The van der Waals surface area contributed by atoms with E-state index in [-0.39, 0.29) is 6.03 Å². The van der Waals surface area contributed by atoms with Crippen LogP contribution in [-0.4, -0.2) is 49.1 Å². The second kappa shape index (κ2) is 2.62. The van der Waals surface area contributed by atoms with Gasteiger partial charge in [-0.15, -0.1) is 0 Å². The summed E-state index contributed by atoms with van der Waals surface area (Å²) in [4.78, 5) is 14.9. The predicted molar refractivity (Wildman–Crippen MR) is 45.6 cm³/mol. The van der Waals surface area contributed by atoms with Gasteiger partial charge in [-0.3, -0.25) is 0 Å². The summed E-state index contributed by atoms with van der Waals surface area (Å²) in [6.07, 6.45) is 0. The fourth-order valence-corrected chi connectivity index (χ4v) is 2.41. The van der Waals surface area contributed by atoms with Crippen LogP contribution < -0.4 is 5.73 Å². The van der Waals surface area contributed by atoms with Crippen LogP contribution in [0.3, 0.4) is 0 Å². The minimum atomic E-state index is -0.257. The van der Waals surface area contributed by atoms with Crippen molar-refractivity contribution in [1.29, 1.82) is 0 Å². The smallest absolute Gasteiger partial charge is 0.314 e. The Morgan fingerprint density at radius 1 is 1.25 bits per heavy atom. The third-order valence-electron chi connectivity index (χ3n) is 2.98. The molecule has 0 spiro atoms. The molecule has 2 fully saturated rings. The number of likely N-dealkylation sites (tertiary alicyclic amines) is 2. The first-order chi connectivity index (χ1) is 5.66. The van der Waals surface area contributed by atoms with E-state index in [9.17, 15) is 4.79 Å². The van der Waals surface area contributed by atoms with Crippen molar-refractivity contribution in [3.63, 3.8) is 0 Å². The molecule has 68 valence electrons. The minimum Gasteiger partial charge on any atom is -0.351 e. The van der Waals surface area contributed by atoms with Crippen molar-refractivity contribution in [2.75, 3.05) is 33.2 Å². The van der Waals surface area contributed by atoms with Crippen molar-refractivity contribution >= 4 is 6.03 Å². The van der Waals surface area contributed by atoms with Gasteiger partial charge in [-0.05, 0) is 18.9 Å². The molecule has 2 heterocycles. The molecule has 0 radical (unpaired) electrons. The number of nitrogens with zero attached hydrogens (tertiary/aromatic N) is 2. The van der Waals surface area contributed by atoms with Crippen LogP contribution in [-0.2, 0) is 0 Å². The van der Waals surface area contributed by atoms with Crippen molar-refractivity contribution in [1.82, 2.24) is 9.80 Å². The van der Waals surface area contributed by atoms with Gasteiger partial charge in [0.1, 0.15) is 0 Å². The predicted octanol–water partition coefficient (Wildman–Crippen LogP) is -0.442. The number of hydrogen-bond donors (Lipinski definition) is 1. The van der Waals surface area contributed by atoms with E-state index in [0.717, 1.165) is 26.2 Å². The van der Waals surface area contributed by atoms with Crippen LogP contribution in [0, 0.1) is 11.8 Å². The third-order valence-corrected chi connectivity index (χ3v) is 2.98. The number of urea groups is 1. The van der Waals surface area contributed by atoms with Crippen LogP contribution in [0.1, 0.15) is 0 Å². The highest BCUT2D eigenvalue weighted by molar-refractivity contribution is 5.72. The SMILES string of the molecule is CN1C[C@@H]2CN(C(N)=O)C[C@@H]2C1. The van der Waals surface area contributed by atoms with Gasteiger partial charge in [0.15, 0.2) is 0 Å². The summed E-state index contributed by atoms with van der Waals surface area (Å²) in [5.74, 6) is 1.34. The Hall–Kier alpha value is -0.770. The van der Waals surface area contributed by atoms with E-state index in [1.165, 1.54) is 0 Å². The molecule has 2 N–H and O–H groups in total. The first-order valence-corrected chi connectivity index (χ1v) is 4.39. The van der Waals surface area contributed by atoms with E-state index in [0.29, 0.717) is 11.8 Å². The molecule has 0 aromatic carbocycles. The summed E-state index contributed by atoms with van der Waals surface area (Å²) >= 11 is 0. The highest BCUT2D eigenvalue weighted by atomic mass is 16.2. The maximum Gasteiger partial charge on any atom is 0.314 e. The number of fused-ring (bicyclic) bond motifs is 1. The molecule has 2 amide bonds. The average molecular weight is 169 g/mol. The van der Waals surface area contributed by atoms with Crippen molar-refractivity contribution in [2.45, 2.75) is 0 Å². The summed E-state index contributed by atoms with van der Waals surface area (Å²) in [7, 11) is 2.13.